The molecule has 0 atom stereocenters. The zero-order valence-corrected chi connectivity index (χ0v) is 15.4. The number of pyridine rings is 1. The summed E-state index contributed by atoms with van der Waals surface area (Å²) in [6.45, 7) is 3.25. The van der Waals surface area contributed by atoms with Gasteiger partial charge in [0, 0.05) is 36.7 Å². The summed E-state index contributed by atoms with van der Waals surface area (Å²) >= 11 is 0. The Kier molecular flexibility index (Phi) is 7.11. The maximum absolute atomic E-state index is 12.4. The first-order chi connectivity index (χ1) is 12.4. The van der Waals surface area contributed by atoms with Gasteiger partial charge in [-0.1, -0.05) is 6.07 Å². The number of hydrogen-bond donors (Lipinski definition) is 3. The Morgan fingerprint density at radius 1 is 1.04 bits per heavy atom. The molecule has 0 bridgehead atoms. The Labute approximate surface area is 153 Å². The highest BCUT2D eigenvalue weighted by Crippen LogP contribution is 2.16. The number of aromatic nitrogens is 1. The number of amides is 2. The first kappa shape index (κ1) is 19.4. The summed E-state index contributed by atoms with van der Waals surface area (Å²) in [5.74, 6) is -0.467. The van der Waals surface area contributed by atoms with Crippen LogP contribution < -0.4 is 16.0 Å². The fraction of sp³-hybridized carbons (Fsp3) is 0.316. The zero-order chi connectivity index (χ0) is 18.9. The molecule has 0 aliphatic heterocycles. The second kappa shape index (κ2) is 9.53. The van der Waals surface area contributed by atoms with Crippen LogP contribution in [0.3, 0.4) is 0 Å². The van der Waals surface area contributed by atoms with E-state index in [-0.39, 0.29) is 11.8 Å². The lowest BCUT2D eigenvalue weighted by molar-refractivity contribution is -0.114. The smallest absolute Gasteiger partial charge is 0.274 e. The van der Waals surface area contributed by atoms with E-state index in [1.165, 1.54) is 6.92 Å². The molecule has 7 nitrogen and oxygen atoms in total. The van der Waals surface area contributed by atoms with Gasteiger partial charge in [0.1, 0.15) is 5.69 Å². The number of nitrogens with one attached hydrogen (secondary N) is 3. The van der Waals surface area contributed by atoms with Crippen molar-refractivity contribution in [3.63, 3.8) is 0 Å². The maximum Gasteiger partial charge on any atom is 0.274 e. The van der Waals surface area contributed by atoms with Crippen LogP contribution in [0.2, 0.25) is 0 Å². The fourth-order valence-corrected chi connectivity index (χ4v) is 2.37. The lowest BCUT2D eigenvalue weighted by atomic mass is 10.2. The Morgan fingerprint density at radius 2 is 1.77 bits per heavy atom. The van der Waals surface area contributed by atoms with Crippen molar-refractivity contribution in [2.45, 2.75) is 13.3 Å². The summed E-state index contributed by atoms with van der Waals surface area (Å²) in [6.07, 6.45) is 2.61. The number of hydrogen-bond acceptors (Lipinski definition) is 5. The quantitative estimate of drug-likeness (QED) is 0.634. The van der Waals surface area contributed by atoms with Gasteiger partial charge in [-0.3, -0.25) is 14.6 Å². The van der Waals surface area contributed by atoms with Gasteiger partial charge in [-0.25, -0.2) is 0 Å². The molecule has 0 radical (unpaired) electrons. The maximum atomic E-state index is 12.4. The molecule has 0 unspecified atom stereocenters. The number of rotatable bonds is 8. The van der Waals surface area contributed by atoms with E-state index in [1.807, 2.05) is 20.2 Å². The molecule has 2 rings (SSSR count). The molecule has 0 aliphatic rings. The average Bonchev–Trinajstić information content (AvgIpc) is 2.58. The van der Waals surface area contributed by atoms with Crippen molar-refractivity contribution in [3.8, 4) is 0 Å². The second-order valence-corrected chi connectivity index (χ2v) is 6.23. The van der Waals surface area contributed by atoms with Crippen LogP contribution in [0.4, 0.5) is 17.1 Å². The fourth-order valence-electron chi connectivity index (χ4n) is 2.37. The highest BCUT2D eigenvalue weighted by Gasteiger charge is 2.09. The molecule has 0 saturated carbocycles. The van der Waals surface area contributed by atoms with Crippen molar-refractivity contribution in [1.82, 2.24) is 9.88 Å². The normalized spacial score (nSPS) is 10.5. The molecule has 26 heavy (non-hydrogen) atoms. The standard InChI is InChI=1S/C19H25N5O2/c1-14(25)22-16-6-4-7-17(12-16)23-19(26)18-13-15(8-10-21-18)20-9-5-11-24(2)3/h4,6-8,10,12-13H,5,9,11H2,1-3H3,(H,20,21)(H,22,25)(H,23,26). The molecule has 3 N–H and O–H groups in total. The van der Waals surface area contributed by atoms with E-state index < -0.39 is 0 Å². The molecule has 0 fully saturated rings. The van der Waals surface area contributed by atoms with Gasteiger partial charge in [0.05, 0.1) is 0 Å². The van der Waals surface area contributed by atoms with Gasteiger partial charge >= 0.3 is 0 Å². The first-order valence-corrected chi connectivity index (χ1v) is 8.47. The summed E-state index contributed by atoms with van der Waals surface area (Å²) < 4.78 is 0. The number of nitrogens with zero attached hydrogens (tertiary/aromatic N) is 2. The van der Waals surface area contributed by atoms with Crippen LogP contribution in [0.5, 0.6) is 0 Å². The largest absolute Gasteiger partial charge is 0.385 e. The van der Waals surface area contributed by atoms with Gasteiger partial charge in [-0.2, -0.15) is 0 Å². The van der Waals surface area contributed by atoms with Crippen LogP contribution in [0.1, 0.15) is 23.8 Å². The predicted molar refractivity (Wildman–Crippen MR) is 105 cm³/mol. The summed E-state index contributed by atoms with van der Waals surface area (Å²) in [7, 11) is 4.08. The summed E-state index contributed by atoms with van der Waals surface area (Å²) in [5.41, 5.74) is 2.40. The van der Waals surface area contributed by atoms with Crippen LogP contribution in [-0.2, 0) is 4.79 Å². The molecule has 1 aromatic heterocycles. The highest BCUT2D eigenvalue weighted by atomic mass is 16.2. The third kappa shape index (κ3) is 6.52. The van der Waals surface area contributed by atoms with Crippen molar-refractivity contribution in [2.24, 2.45) is 0 Å². The molecule has 1 heterocycles. The van der Waals surface area contributed by atoms with Crippen molar-refractivity contribution in [1.29, 1.82) is 0 Å². The molecule has 0 spiro atoms. The Bertz CT molecular complexity index is 761. The van der Waals surface area contributed by atoms with E-state index in [0.29, 0.717) is 17.1 Å². The Balaban J connectivity index is 1.97. The minimum absolute atomic E-state index is 0.164. The van der Waals surface area contributed by atoms with Crippen molar-refractivity contribution in [2.75, 3.05) is 43.1 Å². The number of anilines is 3. The van der Waals surface area contributed by atoms with E-state index in [0.717, 1.165) is 25.2 Å². The lowest BCUT2D eigenvalue weighted by Gasteiger charge is -2.11. The second-order valence-electron chi connectivity index (χ2n) is 6.23. The lowest BCUT2D eigenvalue weighted by Crippen LogP contribution is -2.17. The van der Waals surface area contributed by atoms with Gasteiger partial charge in [0.2, 0.25) is 5.91 Å². The zero-order valence-electron chi connectivity index (χ0n) is 15.4. The molecular weight excluding hydrogens is 330 g/mol. The molecule has 2 aromatic rings. The predicted octanol–water partition coefficient (Wildman–Crippen LogP) is 2.66. The minimum atomic E-state index is -0.304. The van der Waals surface area contributed by atoms with Crippen LogP contribution in [0.15, 0.2) is 42.6 Å². The molecule has 138 valence electrons. The van der Waals surface area contributed by atoms with Gasteiger partial charge in [-0.15, -0.1) is 0 Å². The van der Waals surface area contributed by atoms with E-state index in [2.05, 4.69) is 25.8 Å². The van der Waals surface area contributed by atoms with Crippen molar-refractivity contribution in [3.05, 3.63) is 48.3 Å². The number of benzene rings is 1. The van der Waals surface area contributed by atoms with Gasteiger partial charge in [0.15, 0.2) is 0 Å². The van der Waals surface area contributed by atoms with Crippen molar-refractivity contribution < 1.29 is 9.59 Å². The van der Waals surface area contributed by atoms with E-state index in [1.54, 1.807) is 36.5 Å². The van der Waals surface area contributed by atoms with E-state index >= 15 is 0 Å². The van der Waals surface area contributed by atoms with Gasteiger partial charge in [0.25, 0.3) is 5.91 Å². The van der Waals surface area contributed by atoms with Gasteiger partial charge in [-0.05, 0) is 57.4 Å². The molecular formula is C19H25N5O2. The van der Waals surface area contributed by atoms with Crippen LogP contribution >= 0.6 is 0 Å². The molecule has 7 heteroatoms. The third-order valence-corrected chi connectivity index (χ3v) is 3.54. The molecule has 0 aliphatic carbocycles. The van der Waals surface area contributed by atoms with Crippen LogP contribution in [-0.4, -0.2) is 48.9 Å². The SMILES string of the molecule is CC(=O)Nc1cccc(NC(=O)c2cc(NCCCN(C)C)ccn2)c1. The summed E-state index contributed by atoms with van der Waals surface area (Å²) in [6, 6.07) is 10.5. The average molecular weight is 355 g/mol. The monoisotopic (exact) mass is 355 g/mol. The Morgan fingerprint density at radius 3 is 2.46 bits per heavy atom. The highest BCUT2D eigenvalue weighted by molar-refractivity contribution is 6.03. The molecule has 2 amide bonds. The van der Waals surface area contributed by atoms with Crippen molar-refractivity contribution >= 4 is 28.9 Å². The van der Waals surface area contributed by atoms with Crippen LogP contribution in [0, 0.1) is 0 Å². The third-order valence-electron chi connectivity index (χ3n) is 3.54. The minimum Gasteiger partial charge on any atom is -0.385 e. The topological polar surface area (TPSA) is 86.4 Å². The molecule has 1 aromatic carbocycles. The molecule has 0 saturated heterocycles. The van der Waals surface area contributed by atoms with E-state index in [4.69, 9.17) is 0 Å². The Hall–Kier alpha value is -2.93. The van der Waals surface area contributed by atoms with E-state index in [9.17, 15) is 9.59 Å². The number of carbonyl (C=O) groups excluding carboxylic acids is 2. The van der Waals surface area contributed by atoms with Gasteiger partial charge < -0.3 is 20.9 Å². The summed E-state index contributed by atoms with van der Waals surface area (Å²) in [4.78, 5) is 29.8. The first-order valence-electron chi connectivity index (χ1n) is 8.47. The van der Waals surface area contributed by atoms with Crippen LogP contribution in [0.25, 0.3) is 0 Å². The summed E-state index contributed by atoms with van der Waals surface area (Å²) in [5, 5.41) is 8.77. The number of carbonyl (C=O) groups is 2.